The average Bonchev–Trinajstić information content (AvgIpc) is 2.28. The summed E-state index contributed by atoms with van der Waals surface area (Å²) in [7, 11) is 0. The van der Waals surface area contributed by atoms with Crippen LogP contribution in [0.5, 0.6) is 0 Å². The van der Waals surface area contributed by atoms with Crippen LogP contribution < -0.4 is 5.32 Å². The van der Waals surface area contributed by atoms with Crippen LogP contribution in [0.4, 0.5) is 0 Å². The van der Waals surface area contributed by atoms with Crippen molar-refractivity contribution < 1.29 is 5.11 Å². The van der Waals surface area contributed by atoms with Crippen molar-refractivity contribution in [2.24, 2.45) is 0 Å². The third-order valence-corrected chi connectivity index (χ3v) is 3.56. The fourth-order valence-corrected chi connectivity index (χ4v) is 2.18. The normalized spacial score (nSPS) is 20.1. The van der Waals surface area contributed by atoms with Crippen LogP contribution in [0.2, 0.25) is 0 Å². The largest absolute Gasteiger partial charge is 0.389 e. The van der Waals surface area contributed by atoms with E-state index in [0.29, 0.717) is 5.92 Å². The molecular formula is C14H21NO. The molecule has 0 heterocycles. The first-order chi connectivity index (χ1) is 7.70. The lowest BCUT2D eigenvalue weighted by Crippen LogP contribution is -2.46. The average molecular weight is 219 g/mol. The minimum atomic E-state index is -0.406. The van der Waals surface area contributed by atoms with Crippen LogP contribution >= 0.6 is 0 Å². The summed E-state index contributed by atoms with van der Waals surface area (Å²) in [6, 6.07) is 10.5. The Morgan fingerprint density at radius 1 is 1.31 bits per heavy atom. The van der Waals surface area contributed by atoms with E-state index >= 15 is 0 Å². The summed E-state index contributed by atoms with van der Waals surface area (Å²) >= 11 is 0. The number of hydrogen-bond donors (Lipinski definition) is 2. The molecule has 0 radical (unpaired) electrons. The van der Waals surface area contributed by atoms with Crippen LogP contribution in [0.1, 0.15) is 37.7 Å². The van der Waals surface area contributed by atoms with E-state index in [1.807, 2.05) is 6.07 Å². The molecule has 0 saturated heterocycles. The maximum atomic E-state index is 9.93. The molecule has 1 atom stereocenters. The van der Waals surface area contributed by atoms with Gasteiger partial charge in [-0.05, 0) is 30.7 Å². The smallest absolute Gasteiger partial charge is 0.0771 e. The van der Waals surface area contributed by atoms with Crippen LogP contribution in [0.15, 0.2) is 30.3 Å². The van der Waals surface area contributed by atoms with Crippen molar-refractivity contribution in [2.45, 2.75) is 37.7 Å². The van der Waals surface area contributed by atoms with E-state index in [0.717, 1.165) is 25.9 Å². The Morgan fingerprint density at radius 3 is 2.56 bits per heavy atom. The highest BCUT2D eigenvalue weighted by Crippen LogP contribution is 2.30. The van der Waals surface area contributed by atoms with Gasteiger partial charge in [-0.2, -0.15) is 0 Å². The molecule has 0 amide bonds. The Labute approximate surface area is 97.7 Å². The second kappa shape index (κ2) is 4.98. The van der Waals surface area contributed by atoms with E-state index in [2.05, 4.69) is 36.5 Å². The van der Waals surface area contributed by atoms with Crippen LogP contribution in [0.3, 0.4) is 0 Å². The van der Waals surface area contributed by atoms with Crippen molar-refractivity contribution in [1.29, 1.82) is 0 Å². The van der Waals surface area contributed by atoms with Gasteiger partial charge in [-0.3, -0.25) is 0 Å². The van der Waals surface area contributed by atoms with Crippen LogP contribution in [-0.2, 0) is 0 Å². The van der Waals surface area contributed by atoms with Gasteiger partial charge in [0.05, 0.1) is 5.60 Å². The summed E-state index contributed by atoms with van der Waals surface area (Å²) in [6.07, 6.45) is 3.09. The van der Waals surface area contributed by atoms with Crippen molar-refractivity contribution in [3.63, 3.8) is 0 Å². The maximum absolute atomic E-state index is 9.93. The number of benzene rings is 1. The zero-order valence-electron chi connectivity index (χ0n) is 9.95. The summed E-state index contributed by atoms with van der Waals surface area (Å²) in [6.45, 7) is 3.89. The highest BCUT2D eigenvalue weighted by molar-refractivity contribution is 5.18. The third kappa shape index (κ3) is 2.83. The van der Waals surface area contributed by atoms with Crippen LogP contribution in [-0.4, -0.2) is 23.8 Å². The molecule has 2 nitrogen and oxygen atoms in total. The molecule has 0 spiro atoms. The van der Waals surface area contributed by atoms with Crippen molar-refractivity contribution in [1.82, 2.24) is 5.32 Å². The molecule has 0 aromatic heterocycles. The van der Waals surface area contributed by atoms with Gasteiger partial charge in [0.2, 0.25) is 0 Å². The van der Waals surface area contributed by atoms with Gasteiger partial charge in [-0.15, -0.1) is 0 Å². The minimum Gasteiger partial charge on any atom is -0.389 e. The van der Waals surface area contributed by atoms with E-state index < -0.39 is 5.60 Å². The molecule has 1 aromatic carbocycles. The number of hydrogen-bond acceptors (Lipinski definition) is 2. The molecule has 2 rings (SSSR count). The third-order valence-electron chi connectivity index (χ3n) is 3.56. The maximum Gasteiger partial charge on any atom is 0.0771 e. The molecule has 1 aromatic rings. The van der Waals surface area contributed by atoms with E-state index in [9.17, 15) is 5.11 Å². The standard InChI is InChI=1S/C14H21NO/c1-12(13-6-3-2-4-7-13)10-15-11-14(16)8-5-9-14/h2-4,6-7,12,15-16H,5,8-11H2,1H3. The molecule has 0 aliphatic heterocycles. The molecular weight excluding hydrogens is 198 g/mol. The lowest BCUT2D eigenvalue weighted by Gasteiger charge is -2.37. The Kier molecular flexibility index (Phi) is 3.62. The zero-order valence-corrected chi connectivity index (χ0v) is 9.95. The Morgan fingerprint density at radius 2 is 2.00 bits per heavy atom. The quantitative estimate of drug-likeness (QED) is 0.796. The summed E-state index contributed by atoms with van der Waals surface area (Å²) in [5.41, 5.74) is 0.951. The van der Waals surface area contributed by atoms with Crippen molar-refractivity contribution in [3.05, 3.63) is 35.9 Å². The van der Waals surface area contributed by atoms with Crippen molar-refractivity contribution >= 4 is 0 Å². The molecule has 1 aliphatic carbocycles. The monoisotopic (exact) mass is 219 g/mol. The lowest BCUT2D eigenvalue weighted by molar-refractivity contribution is -0.0312. The Balaban J connectivity index is 1.74. The van der Waals surface area contributed by atoms with Gasteiger partial charge in [0.1, 0.15) is 0 Å². The summed E-state index contributed by atoms with van der Waals surface area (Å²) in [5.74, 6) is 0.505. The molecule has 1 fully saturated rings. The zero-order chi connectivity index (χ0) is 11.4. The van der Waals surface area contributed by atoms with E-state index in [1.165, 1.54) is 12.0 Å². The van der Waals surface area contributed by atoms with Crippen molar-refractivity contribution in [2.75, 3.05) is 13.1 Å². The second-order valence-corrected chi connectivity index (χ2v) is 5.02. The van der Waals surface area contributed by atoms with E-state index in [-0.39, 0.29) is 0 Å². The van der Waals surface area contributed by atoms with Crippen molar-refractivity contribution in [3.8, 4) is 0 Å². The molecule has 2 N–H and O–H groups in total. The molecule has 16 heavy (non-hydrogen) atoms. The highest BCUT2D eigenvalue weighted by atomic mass is 16.3. The van der Waals surface area contributed by atoms with Gasteiger partial charge >= 0.3 is 0 Å². The SMILES string of the molecule is CC(CNCC1(O)CCC1)c1ccccc1. The molecule has 0 bridgehead atoms. The number of aliphatic hydroxyl groups is 1. The predicted molar refractivity (Wildman–Crippen MR) is 66.5 cm³/mol. The van der Waals surface area contributed by atoms with Gasteiger partial charge in [-0.1, -0.05) is 37.3 Å². The fourth-order valence-electron chi connectivity index (χ4n) is 2.18. The summed E-state index contributed by atoms with van der Waals surface area (Å²) in [5, 5.41) is 13.3. The predicted octanol–water partition coefficient (Wildman–Crippen LogP) is 2.29. The number of rotatable bonds is 5. The van der Waals surface area contributed by atoms with Crippen LogP contribution in [0, 0.1) is 0 Å². The molecule has 1 aliphatic rings. The molecule has 1 unspecified atom stereocenters. The first-order valence-electron chi connectivity index (χ1n) is 6.18. The Bertz CT molecular complexity index is 319. The molecule has 88 valence electrons. The first kappa shape index (κ1) is 11.6. The second-order valence-electron chi connectivity index (χ2n) is 5.02. The lowest BCUT2D eigenvalue weighted by atomic mass is 9.80. The topological polar surface area (TPSA) is 32.3 Å². The summed E-state index contributed by atoms with van der Waals surface area (Å²) < 4.78 is 0. The molecule has 2 heteroatoms. The van der Waals surface area contributed by atoms with E-state index in [4.69, 9.17) is 0 Å². The fraction of sp³-hybridized carbons (Fsp3) is 0.571. The van der Waals surface area contributed by atoms with Gasteiger partial charge < -0.3 is 10.4 Å². The van der Waals surface area contributed by atoms with Gasteiger partial charge in [-0.25, -0.2) is 0 Å². The number of nitrogens with one attached hydrogen (secondary N) is 1. The molecule has 1 saturated carbocycles. The highest BCUT2D eigenvalue weighted by Gasteiger charge is 2.33. The van der Waals surface area contributed by atoms with Gasteiger partial charge in [0, 0.05) is 13.1 Å². The van der Waals surface area contributed by atoms with Gasteiger partial charge in [0.15, 0.2) is 0 Å². The Hall–Kier alpha value is -0.860. The van der Waals surface area contributed by atoms with E-state index in [1.54, 1.807) is 0 Å². The van der Waals surface area contributed by atoms with Crippen LogP contribution in [0.25, 0.3) is 0 Å². The van der Waals surface area contributed by atoms with Gasteiger partial charge in [0.25, 0.3) is 0 Å². The minimum absolute atomic E-state index is 0.406. The first-order valence-corrected chi connectivity index (χ1v) is 6.18. The summed E-state index contributed by atoms with van der Waals surface area (Å²) in [4.78, 5) is 0.